The predicted octanol–water partition coefficient (Wildman–Crippen LogP) is 4.22. The maximum Gasteiger partial charge on any atom is 0.303 e. The van der Waals surface area contributed by atoms with E-state index in [0.29, 0.717) is 43.7 Å². The molecule has 2 saturated heterocycles. The number of nitrogens with zero attached hydrogens (tertiary/aromatic N) is 4. The Hall–Kier alpha value is -3.45. The zero-order valence-corrected chi connectivity index (χ0v) is 30.6. The number of allylic oxidation sites excluding steroid dienone is 4. The fourth-order valence-corrected chi connectivity index (χ4v) is 9.96. The van der Waals surface area contributed by atoms with E-state index in [1.807, 2.05) is 0 Å². The van der Waals surface area contributed by atoms with E-state index in [1.165, 1.54) is 38.9 Å². The summed E-state index contributed by atoms with van der Waals surface area (Å²) in [5, 5.41) is 1.02. The third-order valence-corrected chi connectivity index (χ3v) is 13.4. The highest BCUT2D eigenvalue weighted by atomic mass is 32.2. The summed E-state index contributed by atoms with van der Waals surface area (Å²) in [4.78, 5) is 33.4. The van der Waals surface area contributed by atoms with Gasteiger partial charge in [0.05, 0.1) is 49.4 Å². The van der Waals surface area contributed by atoms with Crippen molar-refractivity contribution in [2.45, 2.75) is 88.9 Å². The molecule has 1 saturated carbocycles. The van der Waals surface area contributed by atoms with Crippen LogP contribution in [0.1, 0.15) is 75.5 Å². The van der Waals surface area contributed by atoms with Gasteiger partial charge in [-0.05, 0) is 73.4 Å². The van der Waals surface area contributed by atoms with Crippen molar-refractivity contribution in [2.24, 2.45) is 5.92 Å². The molecule has 1 aromatic heterocycles. The van der Waals surface area contributed by atoms with Gasteiger partial charge in [-0.2, -0.15) is 12.7 Å². The van der Waals surface area contributed by atoms with Crippen molar-refractivity contribution in [1.82, 2.24) is 23.4 Å². The molecule has 3 aliphatic heterocycles. The van der Waals surface area contributed by atoms with E-state index in [-0.39, 0.29) is 23.9 Å². The van der Waals surface area contributed by atoms with E-state index in [9.17, 15) is 13.2 Å². The number of ether oxygens (including phenoxy) is 2. The van der Waals surface area contributed by atoms with Gasteiger partial charge in [0.25, 0.3) is 5.91 Å². The summed E-state index contributed by atoms with van der Waals surface area (Å²) in [5.41, 5.74) is 6.39. The highest BCUT2D eigenvalue weighted by molar-refractivity contribution is 7.87. The van der Waals surface area contributed by atoms with Crippen LogP contribution in [0.3, 0.4) is 0 Å². The maximum absolute atomic E-state index is 15.1. The Morgan fingerprint density at radius 1 is 1.06 bits per heavy atom. The van der Waals surface area contributed by atoms with Gasteiger partial charge < -0.3 is 18.9 Å². The standard InChI is InChI=1S/C38H49N5O6S/c1-22(2)41-17-24-20-49-21-25(18-41)43(24)38(45)28-13-9-12-27-33(28)31-16-29-32(48-5)15-14-26(23-10-7-6-8-11-23)36(29)42(31)19-30-34(27)35(30)37(44)39-50(46,47)40(3)4/h9,12,14-16,22-25,28,33H,6-8,10-11,13,17-21H2,1-5H3,(H,39,44)/t24?,25?,28-,33?/m1/s1. The van der Waals surface area contributed by atoms with Crippen LogP contribution in [0, 0.1) is 5.92 Å². The van der Waals surface area contributed by atoms with Crippen LogP contribution in [0.5, 0.6) is 5.75 Å². The minimum absolute atomic E-state index is 0.0266. The fraction of sp³-hybridized carbons (Fsp3) is 0.579. The molecule has 2 aromatic rings. The van der Waals surface area contributed by atoms with Gasteiger partial charge in [0, 0.05) is 56.8 Å². The van der Waals surface area contributed by atoms with Crippen LogP contribution in [0.4, 0.5) is 0 Å². The first kappa shape index (κ1) is 33.7. The molecule has 3 fully saturated rings. The number of morpholine rings is 1. The molecule has 0 radical (unpaired) electrons. The molecule has 11 nitrogen and oxygen atoms in total. The zero-order valence-electron chi connectivity index (χ0n) is 29.8. The maximum atomic E-state index is 15.1. The number of methoxy groups -OCH3 is 1. The highest BCUT2D eigenvalue weighted by Gasteiger charge is 2.50. The van der Waals surface area contributed by atoms with Crippen LogP contribution in [-0.2, 0) is 31.1 Å². The third-order valence-electron chi connectivity index (χ3n) is 12.0. The second-order valence-corrected chi connectivity index (χ2v) is 17.3. The summed E-state index contributed by atoms with van der Waals surface area (Å²) in [6.07, 6.45) is 10.6. The molecular formula is C38H49N5O6S. The zero-order chi connectivity index (χ0) is 35.1. The molecule has 1 aromatic carbocycles. The summed E-state index contributed by atoms with van der Waals surface area (Å²) in [6.45, 7) is 7.43. The Kier molecular flexibility index (Phi) is 8.52. The average Bonchev–Trinajstić information content (AvgIpc) is 3.73. The molecule has 1 N–H and O–H groups in total. The van der Waals surface area contributed by atoms with E-state index < -0.39 is 22.0 Å². The molecule has 2 bridgehead atoms. The largest absolute Gasteiger partial charge is 0.496 e. The van der Waals surface area contributed by atoms with Crippen molar-refractivity contribution in [3.05, 3.63) is 63.9 Å². The number of fused-ring (bicyclic) bond motifs is 8. The van der Waals surface area contributed by atoms with Gasteiger partial charge in [0.1, 0.15) is 5.75 Å². The number of benzene rings is 1. The summed E-state index contributed by atoms with van der Waals surface area (Å²) < 4.78 is 43.1. The third kappa shape index (κ3) is 5.45. The van der Waals surface area contributed by atoms with Crippen molar-refractivity contribution in [3.63, 3.8) is 0 Å². The van der Waals surface area contributed by atoms with Gasteiger partial charge in [-0.25, -0.2) is 4.72 Å². The number of nitrogens with one attached hydrogen (secondary N) is 1. The first-order valence-corrected chi connectivity index (χ1v) is 19.7. The van der Waals surface area contributed by atoms with Crippen molar-refractivity contribution < 1.29 is 27.5 Å². The molecule has 2 amide bonds. The second-order valence-electron chi connectivity index (χ2n) is 15.4. The van der Waals surface area contributed by atoms with E-state index in [4.69, 9.17) is 9.47 Å². The predicted molar refractivity (Wildman–Crippen MR) is 191 cm³/mol. The van der Waals surface area contributed by atoms with Crippen molar-refractivity contribution in [3.8, 4) is 5.75 Å². The molecule has 4 heterocycles. The fourth-order valence-electron chi connectivity index (χ4n) is 9.44. The lowest BCUT2D eigenvalue weighted by molar-refractivity contribution is -0.161. The molecule has 6 aliphatic rings. The van der Waals surface area contributed by atoms with Crippen molar-refractivity contribution in [2.75, 3.05) is 47.5 Å². The molecule has 4 atom stereocenters. The lowest BCUT2D eigenvalue weighted by atomic mass is 9.75. The number of rotatable bonds is 7. The lowest BCUT2D eigenvalue weighted by Crippen LogP contribution is -2.68. The quantitative estimate of drug-likeness (QED) is 0.460. The smallest absolute Gasteiger partial charge is 0.303 e. The number of hydrogen-bond acceptors (Lipinski definition) is 7. The van der Waals surface area contributed by atoms with Crippen LogP contribution in [0.2, 0.25) is 0 Å². The highest BCUT2D eigenvalue weighted by Crippen LogP contribution is 2.55. The minimum Gasteiger partial charge on any atom is -0.496 e. The molecule has 12 heteroatoms. The molecule has 268 valence electrons. The van der Waals surface area contributed by atoms with Gasteiger partial charge in [0.2, 0.25) is 5.91 Å². The van der Waals surface area contributed by atoms with Gasteiger partial charge in [-0.1, -0.05) is 37.5 Å². The minimum atomic E-state index is -4.00. The summed E-state index contributed by atoms with van der Waals surface area (Å²) in [7, 11) is 0.501. The van der Waals surface area contributed by atoms with E-state index in [1.54, 1.807) is 7.11 Å². The number of hydrogen-bond donors (Lipinski definition) is 1. The first-order chi connectivity index (χ1) is 24.0. The van der Waals surface area contributed by atoms with Gasteiger partial charge in [-0.15, -0.1) is 0 Å². The molecule has 8 rings (SSSR count). The van der Waals surface area contributed by atoms with Crippen LogP contribution >= 0.6 is 0 Å². The Bertz CT molecular complexity index is 1940. The Morgan fingerprint density at radius 2 is 1.78 bits per heavy atom. The van der Waals surface area contributed by atoms with E-state index in [2.05, 4.69) is 63.3 Å². The number of carbonyl (C=O) groups excluding carboxylic acids is 2. The number of carbonyl (C=O) groups is 2. The molecular weight excluding hydrogens is 655 g/mol. The normalized spacial score (nSPS) is 27.0. The van der Waals surface area contributed by atoms with Gasteiger partial charge in [0.15, 0.2) is 0 Å². The molecule has 3 aliphatic carbocycles. The summed E-state index contributed by atoms with van der Waals surface area (Å²) >= 11 is 0. The second kappa shape index (κ2) is 12.6. The van der Waals surface area contributed by atoms with Crippen LogP contribution in [-0.4, -0.2) is 105 Å². The number of aromatic nitrogens is 1. The Labute approximate surface area is 295 Å². The molecule has 0 spiro atoms. The summed E-state index contributed by atoms with van der Waals surface area (Å²) in [6, 6.07) is 6.85. The Balaban J connectivity index is 1.28. The molecule has 3 unspecified atom stereocenters. The number of amides is 2. The average molecular weight is 704 g/mol. The van der Waals surface area contributed by atoms with E-state index in [0.717, 1.165) is 69.3 Å². The monoisotopic (exact) mass is 703 g/mol. The number of piperazine rings is 1. The first-order valence-electron chi connectivity index (χ1n) is 18.2. The van der Waals surface area contributed by atoms with Gasteiger partial charge in [-0.3, -0.25) is 14.5 Å². The van der Waals surface area contributed by atoms with Crippen LogP contribution in [0.25, 0.3) is 10.9 Å². The SMILES string of the molecule is COc1ccc(C2CCCCC2)c2c1cc1n2CC2=C(C(=O)NS(=O)(=O)N(C)C)C2=C2C=CC[C@@H](C(=O)N3C4COCC3CN(C(C)C)C4)C21. The summed E-state index contributed by atoms with van der Waals surface area (Å²) in [5.74, 6) is -0.0155. The van der Waals surface area contributed by atoms with Crippen molar-refractivity contribution >= 4 is 32.9 Å². The van der Waals surface area contributed by atoms with Crippen LogP contribution in [0.15, 0.2) is 52.6 Å². The Morgan fingerprint density at radius 3 is 2.44 bits per heavy atom. The van der Waals surface area contributed by atoms with E-state index >= 15 is 4.79 Å². The van der Waals surface area contributed by atoms with Crippen LogP contribution < -0.4 is 9.46 Å². The van der Waals surface area contributed by atoms with Crippen molar-refractivity contribution in [1.29, 1.82) is 0 Å². The molecule has 50 heavy (non-hydrogen) atoms. The van der Waals surface area contributed by atoms with Gasteiger partial charge >= 0.3 is 10.2 Å². The topological polar surface area (TPSA) is 113 Å². The lowest BCUT2D eigenvalue weighted by Gasteiger charge is -2.52.